The Labute approximate surface area is 165 Å². The lowest BCUT2D eigenvalue weighted by Crippen LogP contribution is -2.47. The molecule has 0 saturated heterocycles. The van der Waals surface area contributed by atoms with Crippen LogP contribution in [0.3, 0.4) is 0 Å². The molecule has 1 aliphatic carbocycles. The highest BCUT2D eigenvalue weighted by Crippen LogP contribution is 2.40. The summed E-state index contributed by atoms with van der Waals surface area (Å²) in [6.07, 6.45) is 9.86. The van der Waals surface area contributed by atoms with E-state index in [1.54, 1.807) is 25.1 Å². The van der Waals surface area contributed by atoms with Crippen molar-refractivity contribution in [3.8, 4) is 0 Å². The molecule has 0 radical (unpaired) electrons. The first kappa shape index (κ1) is 18.1. The van der Waals surface area contributed by atoms with Crippen molar-refractivity contribution in [3.05, 3.63) is 89.0 Å². The molecule has 0 aromatic heterocycles. The SMILES string of the molecule is CC1(S(=O)(=O)N2CC=Cc3ccc(Cl)cc32)C=CC=C(c2ccccc2)C1. The average molecular weight is 398 g/mol. The topological polar surface area (TPSA) is 37.4 Å². The van der Waals surface area contributed by atoms with E-state index in [0.29, 0.717) is 23.7 Å². The Kier molecular flexibility index (Phi) is 4.49. The first-order valence-corrected chi connectivity index (χ1v) is 10.6. The number of fused-ring (bicyclic) bond motifs is 1. The highest BCUT2D eigenvalue weighted by atomic mass is 35.5. The normalized spacial score (nSPS) is 21.7. The maximum Gasteiger partial charge on any atom is 0.244 e. The third-order valence-electron chi connectivity index (χ3n) is 5.14. The van der Waals surface area contributed by atoms with Crippen molar-refractivity contribution in [2.45, 2.75) is 18.1 Å². The molecule has 2 aliphatic rings. The monoisotopic (exact) mass is 397 g/mol. The van der Waals surface area contributed by atoms with E-state index in [-0.39, 0.29) is 0 Å². The molecule has 4 rings (SSSR count). The van der Waals surface area contributed by atoms with E-state index in [1.807, 2.05) is 60.7 Å². The second-order valence-electron chi connectivity index (χ2n) is 7.05. The van der Waals surface area contributed by atoms with E-state index in [1.165, 1.54) is 4.31 Å². The summed E-state index contributed by atoms with van der Waals surface area (Å²) < 4.78 is 27.8. The quantitative estimate of drug-likeness (QED) is 0.704. The van der Waals surface area contributed by atoms with Crippen LogP contribution in [-0.4, -0.2) is 19.7 Å². The molecule has 1 heterocycles. The fraction of sp³-hybridized carbons (Fsp3) is 0.182. The second-order valence-corrected chi connectivity index (χ2v) is 9.81. The highest BCUT2D eigenvalue weighted by molar-refractivity contribution is 7.94. The van der Waals surface area contributed by atoms with Gasteiger partial charge < -0.3 is 0 Å². The minimum atomic E-state index is -3.66. The fourth-order valence-corrected chi connectivity index (χ4v) is 5.58. The molecule has 1 unspecified atom stereocenters. The van der Waals surface area contributed by atoms with E-state index >= 15 is 0 Å². The number of hydrogen-bond donors (Lipinski definition) is 0. The molecule has 0 amide bonds. The number of sulfonamides is 1. The summed E-state index contributed by atoms with van der Waals surface area (Å²) in [5.41, 5.74) is 3.56. The van der Waals surface area contributed by atoms with E-state index in [2.05, 4.69) is 0 Å². The Morgan fingerprint density at radius 3 is 2.67 bits per heavy atom. The zero-order valence-electron chi connectivity index (χ0n) is 15.0. The molecule has 3 nitrogen and oxygen atoms in total. The van der Waals surface area contributed by atoms with E-state index in [0.717, 1.165) is 16.7 Å². The summed E-state index contributed by atoms with van der Waals surface area (Å²) in [5, 5.41) is 0.526. The average Bonchev–Trinajstić information content (AvgIpc) is 2.68. The third-order valence-corrected chi connectivity index (χ3v) is 7.76. The molecule has 5 heteroatoms. The van der Waals surface area contributed by atoms with Gasteiger partial charge in [0.05, 0.1) is 12.2 Å². The van der Waals surface area contributed by atoms with Gasteiger partial charge in [-0.2, -0.15) is 0 Å². The lowest BCUT2D eigenvalue weighted by molar-refractivity contribution is 0.560. The number of halogens is 1. The Morgan fingerprint density at radius 2 is 1.89 bits per heavy atom. The molecule has 1 aliphatic heterocycles. The molecule has 1 atom stereocenters. The molecule has 2 aromatic carbocycles. The van der Waals surface area contributed by atoms with E-state index in [9.17, 15) is 8.42 Å². The molecule has 0 fully saturated rings. The lowest BCUT2D eigenvalue weighted by Gasteiger charge is -2.37. The standard InChI is InChI=1S/C22H20ClNO2S/c1-22(13-5-9-19(16-22)17-7-3-2-4-8-17)27(25,26)24-14-6-10-18-11-12-20(23)15-21(18)24/h2-13,15H,14,16H2,1H3. The van der Waals surface area contributed by atoms with Crippen LogP contribution in [0.4, 0.5) is 5.69 Å². The maximum absolute atomic E-state index is 13.7. The maximum atomic E-state index is 13.7. The summed E-state index contributed by atoms with van der Waals surface area (Å²) in [6, 6.07) is 15.3. The zero-order chi connectivity index (χ0) is 19.1. The first-order chi connectivity index (χ1) is 12.9. The van der Waals surface area contributed by atoms with Crippen LogP contribution in [-0.2, 0) is 10.0 Å². The zero-order valence-corrected chi connectivity index (χ0v) is 16.5. The van der Waals surface area contributed by atoms with Gasteiger partial charge in [0.2, 0.25) is 10.0 Å². The molecule has 0 spiro atoms. The van der Waals surface area contributed by atoms with Crippen molar-refractivity contribution < 1.29 is 8.42 Å². The number of hydrogen-bond acceptors (Lipinski definition) is 2. The lowest BCUT2D eigenvalue weighted by atomic mass is 9.90. The van der Waals surface area contributed by atoms with Gasteiger partial charge in [-0.1, -0.05) is 78.4 Å². The Hall–Kier alpha value is -2.30. The van der Waals surface area contributed by atoms with Crippen molar-refractivity contribution in [1.82, 2.24) is 0 Å². The minimum absolute atomic E-state index is 0.309. The van der Waals surface area contributed by atoms with E-state index in [4.69, 9.17) is 11.6 Å². The highest BCUT2D eigenvalue weighted by Gasteiger charge is 2.43. The minimum Gasteiger partial charge on any atom is -0.265 e. The first-order valence-electron chi connectivity index (χ1n) is 8.83. The molecular formula is C22H20ClNO2S. The molecule has 27 heavy (non-hydrogen) atoms. The second kappa shape index (κ2) is 6.70. The fourth-order valence-electron chi connectivity index (χ4n) is 3.62. The van der Waals surface area contributed by atoms with E-state index < -0.39 is 14.8 Å². The molecule has 0 bridgehead atoms. The molecule has 0 saturated carbocycles. The predicted octanol–water partition coefficient (Wildman–Crippen LogP) is 5.31. The number of allylic oxidation sites excluding steroid dienone is 3. The number of nitrogens with zero attached hydrogens (tertiary/aromatic N) is 1. The van der Waals surface area contributed by atoms with Gasteiger partial charge in [-0.3, -0.25) is 4.31 Å². The van der Waals surface area contributed by atoms with Gasteiger partial charge in [-0.25, -0.2) is 8.42 Å². The Balaban J connectivity index is 1.73. The van der Waals surface area contributed by atoms with Crippen molar-refractivity contribution >= 4 is 39.0 Å². The summed E-state index contributed by atoms with van der Waals surface area (Å²) in [7, 11) is -3.66. The van der Waals surface area contributed by atoms with Crippen LogP contribution < -0.4 is 4.31 Å². The molecular weight excluding hydrogens is 378 g/mol. The van der Waals surface area contributed by atoms with Gasteiger partial charge in [0.25, 0.3) is 0 Å². The Morgan fingerprint density at radius 1 is 1.11 bits per heavy atom. The van der Waals surface area contributed by atoms with Gasteiger partial charge in [-0.15, -0.1) is 0 Å². The van der Waals surface area contributed by atoms with Crippen LogP contribution in [0.15, 0.2) is 72.8 Å². The van der Waals surface area contributed by atoms with Crippen LogP contribution in [0.1, 0.15) is 24.5 Å². The number of benzene rings is 2. The summed E-state index contributed by atoms with van der Waals surface area (Å²) in [4.78, 5) is 0. The summed E-state index contributed by atoms with van der Waals surface area (Å²) >= 11 is 6.15. The van der Waals surface area contributed by atoms with Gasteiger partial charge >= 0.3 is 0 Å². The van der Waals surface area contributed by atoms with Crippen LogP contribution >= 0.6 is 11.6 Å². The number of anilines is 1. The Bertz CT molecular complexity index is 1070. The van der Waals surface area contributed by atoms with Crippen molar-refractivity contribution in [2.24, 2.45) is 0 Å². The van der Waals surface area contributed by atoms with Gasteiger partial charge in [0.15, 0.2) is 0 Å². The summed E-state index contributed by atoms with van der Waals surface area (Å²) in [6.45, 7) is 2.10. The van der Waals surface area contributed by atoms with Gasteiger partial charge in [-0.05, 0) is 42.2 Å². The van der Waals surface area contributed by atoms with Gasteiger partial charge in [0, 0.05) is 5.02 Å². The largest absolute Gasteiger partial charge is 0.265 e. The van der Waals surface area contributed by atoms with Crippen LogP contribution in [0.25, 0.3) is 11.6 Å². The number of rotatable bonds is 3. The predicted molar refractivity (Wildman–Crippen MR) is 113 cm³/mol. The van der Waals surface area contributed by atoms with Crippen LogP contribution in [0.5, 0.6) is 0 Å². The molecule has 138 valence electrons. The van der Waals surface area contributed by atoms with Crippen molar-refractivity contribution in [1.29, 1.82) is 0 Å². The smallest absolute Gasteiger partial charge is 0.244 e. The van der Waals surface area contributed by atoms with Crippen LogP contribution in [0.2, 0.25) is 5.02 Å². The van der Waals surface area contributed by atoms with Gasteiger partial charge in [0.1, 0.15) is 4.75 Å². The molecule has 2 aromatic rings. The summed E-state index contributed by atoms with van der Waals surface area (Å²) in [5.74, 6) is 0. The molecule has 0 N–H and O–H groups in total. The van der Waals surface area contributed by atoms with Crippen LogP contribution in [0, 0.1) is 0 Å². The van der Waals surface area contributed by atoms with Crippen molar-refractivity contribution in [2.75, 3.05) is 10.8 Å². The van der Waals surface area contributed by atoms with Crippen molar-refractivity contribution in [3.63, 3.8) is 0 Å². The third kappa shape index (κ3) is 3.13.